The van der Waals surface area contributed by atoms with Crippen LogP contribution in [0.25, 0.3) is 6.08 Å². The van der Waals surface area contributed by atoms with Gasteiger partial charge in [-0.15, -0.1) is 0 Å². The lowest BCUT2D eigenvalue weighted by atomic mass is 10.3. The molecule has 0 saturated heterocycles. The van der Waals surface area contributed by atoms with Gasteiger partial charge in [-0.3, -0.25) is 4.79 Å². The topological polar surface area (TPSA) is 60.7 Å². The number of hydrogen-bond donors (Lipinski definition) is 1. The lowest BCUT2D eigenvalue weighted by Crippen LogP contribution is -2.21. The lowest BCUT2D eigenvalue weighted by molar-refractivity contribution is -0.116. The number of rotatable bonds is 6. The second-order valence-electron chi connectivity index (χ2n) is 4.36. The van der Waals surface area contributed by atoms with Gasteiger partial charge in [0.05, 0.1) is 19.9 Å². The number of benzene rings is 1. The summed E-state index contributed by atoms with van der Waals surface area (Å²) in [5.74, 6) is 7.32. The first kappa shape index (κ1) is 16.2. The van der Waals surface area contributed by atoms with Gasteiger partial charge in [0.15, 0.2) is 11.5 Å². The molecule has 118 valence electrons. The number of carbonyl (C=O) groups is 1. The van der Waals surface area contributed by atoms with Gasteiger partial charge in [-0.1, -0.05) is 24.0 Å². The zero-order valence-electron chi connectivity index (χ0n) is 12.7. The highest BCUT2D eigenvalue weighted by Gasteiger charge is 2.00. The largest absolute Gasteiger partial charge is 0.493 e. The quantitative estimate of drug-likeness (QED) is 0.658. The molecule has 2 rings (SSSR count). The molecule has 0 bridgehead atoms. The molecule has 5 heteroatoms. The molecule has 0 saturated carbocycles. The van der Waals surface area contributed by atoms with Gasteiger partial charge in [0.1, 0.15) is 12.4 Å². The summed E-state index contributed by atoms with van der Waals surface area (Å²) in [4.78, 5) is 11.5. The van der Waals surface area contributed by atoms with Gasteiger partial charge in [-0.25, -0.2) is 0 Å². The first-order chi connectivity index (χ1) is 11.3. The minimum absolute atomic E-state index is 0.221. The summed E-state index contributed by atoms with van der Waals surface area (Å²) in [6.07, 6.45) is 4.53. The van der Waals surface area contributed by atoms with Crippen LogP contribution in [-0.2, 0) is 4.79 Å². The molecule has 1 heterocycles. The third-order valence-electron chi connectivity index (χ3n) is 2.79. The third kappa shape index (κ3) is 5.64. The molecular weight excluding hydrogens is 294 g/mol. The maximum atomic E-state index is 11.5. The van der Waals surface area contributed by atoms with E-state index in [9.17, 15) is 4.79 Å². The third-order valence-corrected chi connectivity index (χ3v) is 2.79. The molecule has 2 aromatic rings. The number of amides is 1. The summed E-state index contributed by atoms with van der Waals surface area (Å²) in [7, 11) is 1.58. The van der Waals surface area contributed by atoms with E-state index in [1.165, 1.54) is 6.08 Å². The van der Waals surface area contributed by atoms with Crippen molar-refractivity contribution in [2.24, 2.45) is 0 Å². The fourth-order valence-electron chi connectivity index (χ4n) is 1.70. The number of hydrogen-bond acceptors (Lipinski definition) is 4. The van der Waals surface area contributed by atoms with E-state index in [0.717, 1.165) is 0 Å². The van der Waals surface area contributed by atoms with E-state index in [-0.39, 0.29) is 19.1 Å². The van der Waals surface area contributed by atoms with Crippen LogP contribution in [0.3, 0.4) is 0 Å². The zero-order valence-corrected chi connectivity index (χ0v) is 12.7. The standard InChI is InChI=1S/C18H17NO4/c1-21-16-8-2-3-9-17(16)23-13-5-4-12-19-18(20)11-10-15-7-6-14-22-15/h2-3,6-11,14H,12-13H2,1H3,(H,19,20). The van der Waals surface area contributed by atoms with Crippen LogP contribution >= 0.6 is 0 Å². The SMILES string of the molecule is COc1ccccc1OCC#CCNC(=O)C=Cc1ccco1. The molecule has 0 spiro atoms. The summed E-state index contributed by atoms with van der Waals surface area (Å²) >= 11 is 0. The van der Waals surface area contributed by atoms with Crippen LogP contribution in [0.1, 0.15) is 5.76 Å². The Hall–Kier alpha value is -3.13. The van der Waals surface area contributed by atoms with Crippen molar-refractivity contribution in [3.8, 4) is 23.3 Å². The molecular formula is C18H17NO4. The summed E-state index contributed by atoms with van der Waals surface area (Å²) < 4.78 is 15.7. The average Bonchev–Trinajstić information content (AvgIpc) is 3.10. The normalized spacial score (nSPS) is 9.96. The molecule has 23 heavy (non-hydrogen) atoms. The molecule has 0 atom stereocenters. The Morgan fingerprint density at radius 2 is 2.04 bits per heavy atom. The number of methoxy groups -OCH3 is 1. The molecule has 1 amide bonds. The molecule has 0 aliphatic rings. The van der Waals surface area contributed by atoms with Crippen LogP contribution in [0.5, 0.6) is 11.5 Å². The van der Waals surface area contributed by atoms with Crippen molar-refractivity contribution in [1.29, 1.82) is 0 Å². The highest BCUT2D eigenvalue weighted by Crippen LogP contribution is 2.25. The molecule has 0 fully saturated rings. The van der Waals surface area contributed by atoms with Gasteiger partial charge in [-0.2, -0.15) is 0 Å². The van der Waals surface area contributed by atoms with Gasteiger partial charge in [0.25, 0.3) is 0 Å². The smallest absolute Gasteiger partial charge is 0.244 e. The van der Waals surface area contributed by atoms with Gasteiger partial charge in [0.2, 0.25) is 5.91 Å². The van der Waals surface area contributed by atoms with E-state index in [0.29, 0.717) is 17.3 Å². The minimum Gasteiger partial charge on any atom is -0.493 e. The Balaban J connectivity index is 1.69. The van der Waals surface area contributed by atoms with E-state index < -0.39 is 0 Å². The van der Waals surface area contributed by atoms with E-state index in [2.05, 4.69) is 17.2 Å². The fraction of sp³-hybridized carbons (Fsp3) is 0.167. The van der Waals surface area contributed by atoms with Crippen molar-refractivity contribution in [2.45, 2.75) is 0 Å². The van der Waals surface area contributed by atoms with Crippen LogP contribution in [0.2, 0.25) is 0 Å². The Kier molecular flexibility index (Phi) is 6.36. The number of nitrogens with one attached hydrogen (secondary N) is 1. The molecule has 0 aliphatic carbocycles. The van der Waals surface area contributed by atoms with Gasteiger partial charge in [0, 0.05) is 6.08 Å². The molecule has 1 aromatic carbocycles. The number of carbonyl (C=O) groups excluding carboxylic acids is 1. The fourth-order valence-corrected chi connectivity index (χ4v) is 1.70. The summed E-state index contributed by atoms with van der Waals surface area (Å²) in [6, 6.07) is 10.9. The summed E-state index contributed by atoms with van der Waals surface area (Å²) in [5.41, 5.74) is 0. The van der Waals surface area contributed by atoms with E-state index in [1.54, 1.807) is 31.6 Å². The van der Waals surface area contributed by atoms with E-state index in [4.69, 9.17) is 13.9 Å². The molecule has 5 nitrogen and oxygen atoms in total. The van der Waals surface area contributed by atoms with E-state index >= 15 is 0 Å². The monoisotopic (exact) mass is 311 g/mol. The second kappa shape index (κ2) is 9.00. The number of ether oxygens (including phenoxy) is 2. The van der Waals surface area contributed by atoms with Crippen LogP contribution in [-0.4, -0.2) is 26.2 Å². The van der Waals surface area contributed by atoms with Gasteiger partial charge in [-0.05, 0) is 30.3 Å². The van der Waals surface area contributed by atoms with Crippen molar-refractivity contribution >= 4 is 12.0 Å². The maximum Gasteiger partial charge on any atom is 0.244 e. The highest BCUT2D eigenvalue weighted by molar-refractivity contribution is 5.91. The second-order valence-corrected chi connectivity index (χ2v) is 4.36. The van der Waals surface area contributed by atoms with Crippen LogP contribution < -0.4 is 14.8 Å². The number of para-hydroxylation sites is 2. The van der Waals surface area contributed by atoms with Crippen molar-refractivity contribution in [1.82, 2.24) is 5.32 Å². The Labute approximate surface area is 134 Å². The first-order valence-corrected chi connectivity index (χ1v) is 7.00. The van der Waals surface area contributed by atoms with E-state index in [1.807, 2.05) is 24.3 Å². The molecule has 0 radical (unpaired) electrons. The first-order valence-electron chi connectivity index (χ1n) is 7.00. The Morgan fingerprint density at radius 3 is 2.78 bits per heavy atom. The van der Waals surface area contributed by atoms with Crippen molar-refractivity contribution in [2.75, 3.05) is 20.3 Å². The van der Waals surface area contributed by atoms with Crippen LogP contribution in [0.4, 0.5) is 0 Å². The Bertz CT molecular complexity index is 708. The van der Waals surface area contributed by atoms with Gasteiger partial charge < -0.3 is 19.2 Å². The molecule has 0 unspecified atom stereocenters. The zero-order chi connectivity index (χ0) is 16.3. The van der Waals surface area contributed by atoms with Crippen molar-refractivity contribution in [3.05, 3.63) is 54.5 Å². The minimum atomic E-state index is -0.235. The molecule has 1 aromatic heterocycles. The average molecular weight is 311 g/mol. The molecule has 1 N–H and O–H groups in total. The number of furan rings is 1. The summed E-state index contributed by atoms with van der Waals surface area (Å²) in [6.45, 7) is 0.467. The predicted molar refractivity (Wildman–Crippen MR) is 87.0 cm³/mol. The van der Waals surface area contributed by atoms with Gasteiger partial charge >= 0.3 is 0 Å². The maximum absolute atomic E-state index is 11.5. The Morgan fingerprint density at radius 1 is 1.22 bits per heavy atom. The van der Waals surface area contributed by atoms with Crippen molar-refractivity contribution < 1.29 is 18.7 Å². The predicted octanol–water partition coefficient (Wildman–Crippen LogP) is 2.50. The van der Waals surface area contributed by atoms with Crippen LogP contribution in [0.15, 0.2) is 53.2 Å². The van der Waals surface area contributed by atoms with Crippen molar-refractivity contribution in [3.63, 3.8) is 0 Å². The summed E-state index contributed by atoms with van der Waals surface area (Å²) in [5, 5.41) is 2.65. The molecule has 0 aliphatic heterocycles. The lowest BCUT2D eigenvalue weighted by Gasteiger charge is -2.07. The highest BCUT2D eigenvalue weighted by atomic mass is 16.5. The van der Waals surface area contributed by atoms with Crippen LogP contribution in [0, 0.1) is 11.8 Å².